The van der Waals surface area contributed by atoms with Gasteiger partial charge in [-0.15, -0.1) is 0 Å². The van der Waals surface area contributed by atoms with Crippen molar-refractivity contribution < 1.29 is 14.9 Å². The second-order valence-electron chi connectivity index (χ2n) is 9.88. The summed E-state index contributed by atoms with van der Waals surface area (Å²) in [6.07, 6.45) is 6.91. The van der Waals surface area contributed by atoms with Crippen molar-refractivity contribution in [1.29, 1.82) is 0 Å². The molecule has 0 spiro atoms. The summed E-state index contributed by atoms with van der Waals surface area (Å²) in [5.41, 5.74) is 4.07. The molecule has 4 rings (SSSR count). The number of hydrogen-bond acceptors (Lipinski definition) is 5. The molecule has 1 saturated heterocycles. The molecule has 0 aliphatic carbocycles. The molecule has 2 N–H and O–H groups in total. The van der Waals surface area contributed by atoms with E-state index in [1.807, 2.05) is 31.3 Å². The van der Waals surface area contributed by atoms with Crippen molar-refractivity contribution in [3.05, 3.63) is 71.4 Å². The molecule has 5 nitrogen and oxygen atoms in total. The van der Waals surface area contributed by atoms with Gasteiger partial charge in [0.2, 0.25) is 0 Å². The number of ether oxygens (including phenoxy) is 1. The van der Waals surface area contributed by atoms with E-state index >= 15 is 0 Å². The zero-order chi connectivity index (χ0) is 24.0. The Balaban J connectivity index is 1.34. The highest BCUT2D eigenvalue weighted by atomic mass is 16.5. The summed E-state index contributed by atoms with van der Waals surface area (Å²) in [6, 6.07) is 16.5. The number of methoxy groups -OCH3 is 1. The largest absolute Gasteiger partial charge is 0.497 e. The molecule has 1 aliphatic heterocycles. The summed E-state index contributed by atoms with van der Waals surface area (Å²) >= 11 is 0. The Morgan fingerprint density at radius 1 is 1.12 bits per heavy atom. The molecule has 2 aromatic carbocycles. The normalized spacial score (nSPS) is 17.1. The first-order chi connectivity index (χ1) is 16.5. The molecule has 1 atom stereocenters. The third-order valence-electron chi connectivity index (χ3n) is 7.63. The maximum absolute atomic E-state index is 11.2. The molecule has 0 bridgehead atoms. The van der Waals surface area contributed by atoms with Crippen LogP contribution in [0.5, 0.6) is 5.75 Å². The smallest absolute Gasteiger partial charge is 0.119 e. The number of likely N-dealkylation sites (tertiary alicyclic amines) is 1. The van der Waals surface area contributed by atoms with E-state index in [9.17, 15) is 10.2 Å². The number of fused-ring (bicyclic) bond motifs is 1. The molecule has 0 radical (unpaired) electrons. The Labute approximate surface area is 203 Å². The maximum atomic E-state index is 11.2. The lowest BCUT2D eigenvalue weighted by molar-refractivity contribution is 0.0234. The highest BCUT2D eigenvalue weighted by Gasteiger charge is 2.34. The molecule has 1 aliphatic rings. The summed E-state index contributed by atoms with van der Waals surface area (Å²) in [5.74, 6) is 0.764. The predicted octanol–water partition coefficient (Wildman–Crippen LogP) is 5.07. The standard InChI is InChI=1S/C29H38N2O3/c1-22-20-30-26-11-10-24(34-2)19-25(26)28(22)27(33)12-13-29(21-32)14-17-31(18-15-29)16-6-9-23-7-4-3-5-8-23/h3-5,7-8,10-11,19-20,27,32-33H,6,9,12-18,21H2,1-2H3/t27-/m1/s1. The number of aliphatic hydroxyl groups is 2. The molecule has 0 saturated carbocycles. The van der Waals surface area contributed by atoms with E-state index in [2.05, 4.69) is 40.2 Å². The van der Waals surface area contributed by atoms with Gasteiger partial charge in [-0.2, -0.15) is 0 Å². The van der Waals surface area contributed by atoms with Gasteiger partial charge in [-0.1, -0.05) is 30.3 Å². The quantitative estimate of drug-likeness (QED) is 0.440. The first-order valence-corrected chi connectivity index (χ1v) is 12.5. The van der Waals surface area contributed by atoms with Gasteiger partial charge in [0, 0.05) is 18.2 Å². The number of aromatic nitrogens is 1. The van der Waals surface area contributed by atoms with Crippen LogP contribution in [0, 0.1) is 12.3 Å². The van der Waals surface area contributed by atoms with Gasteiger partial charge in [0.05, 0.1) is 18.7 Å². The van der Waals surface area contributed by atoms with E-state index < -0.39 is 6.10 Å². The van der Waals surface area contributed by atoms with Crippen molar-refractivity contribution in [2.45, 2.75) is 51.6 Å². The zero-order valence-electron chi connectivity index (χ0n) is 20.5. The number of aryl methyl sites for hydroxylation is 2. The number of pyridine rings is 1. The maximum Gasteiger partial charge on any atom is 0.119 e. The SMILES string of the molecule is COc1ccc2ncc(C)c([C@H](O)CCC3(CO)CCN(CCCc4ccccc4)CC3)c2c1. The second kappa shape index (κ2) is 11.3. The first kappa shape index (κ1) is 24.6. The highest BCUT2D eigenvalue weighted by molar-refractivity contribution is 5.84. The van der Waals surface area contributed by atoms with E-state index in [-0.39, 0.29) is 12.0 Å². The fourth-order valence-corrected chi connectivity index (χ4v) is 5.34. The van der Waals surface area contributed by atoms with Gasteiger partial charge < -0.3 is 19.8 Å². The molecule has 34 heavy (non-hydrogen) atoms. The third kappa shape index (κ3) is 5.77. The molecule has 3 aromatic rings. The lowest BCUT2D eigenvalue weighted by Crippen LogP contribution is -2.42. The van der Waals surface area contributed by atoms with Gasteiger partial charge in [0.25, 0.3) is 0 Å². The van der Waals surface area contributed by atoms with E-state index in [0.717, 1.165) is 79.5 Å². The fourth-order valence-electron chi connectivity index (χ4n) is 5.34. The highest BCUT2D eigenvalue weighted by Crippen LogP contribution is 2.39. The van der Waals surface area contributed by atoms with Crippen LogP contribution in [0.3, 0.4) is 0 Å². The molecule has 5 heteroatoms. The summed E-state index contributed by atoms with van der Waals surface area (Å²) < 4.78 is 5.40. The van der Waals surface area contributed by atoms with Crippen LogP contribution in [0.15, 0.2) is 54.7 Å². The van der Waals surface area contributed by atoms with Gasteiger partial charge in [0.15, 0.2) is 0 Å². The topological polar surface area (TPSA) is 65.8 Å². The molecule has 182 valence electrons. The zero-order valence-corrected chi connectivity index (χ0v) is 20.5. The number of rotatable bonds is 10. The molecule has 1 fully saturated rings. The number of aliphatic hydroxyl groups excluding tert-OH is 2. The van der Waals surface area contributed by atoms with Crippen molar-refractivity contribution >= 4 is 10.9 Å². The Hall–Kier alpha value is -2.47. The lowest BCUT2D eigenvalue weighted by atomic mass is 9.74. The van der Waals surface area contributed by atoms with Crippen molar-refractivity contribution in [3.8, 4) is 5.75 Å². The lowest BCUT2D eigenvalue weighted by Gasteiger charge is -2.41. The van der Waals surface area contributed by atoms with Crippen molar-refractivity contribution in [3.63, 3.8) is 0 Å². The number of benzene rings is 2. The van der Waals surface area contributed by atoms with E-state index in [1.165, 1.54) is 5.56 Å². The number of hydrogen-bond donors (Lipinski definition) is 2. The van der Waals surface area contributed by atoms with Crippen molar-refractivity contribution in [2.24, 2.45) is 5.41 Å². The first-order valence-electron chi connectivity index (χ1n) is 12.5. The average molecular weight is 463 g/mol. The third-order valence-corrected chi connectivity index (χ3v) is 7.63. The fraction of sp³-hybridized carbons (Fsp3) is 0.483. The van der Waals surface area contributed by atoms with Crippen LogP contribution >= 0.6 is 0 Å². The van der Waals surface area contributed by atoms with Crippen LogP contribution in [0.25, 0.3) is 10.9 Å². The summed E-state index contributed by atoms with van der Waals surface area (Å²) in [6.45, 7) is 5.31. The number of piperidine rings is 1. The summed E-state index contributed by atoms with van der Waals surface area (Å²) in [4.78, 5) is 7.05. The Kier molecular flexibility index (Phi) is 8.19. The monoisotopic (exact) mass is 462 g/mol. The molecular formula is C29H38N2O3. The van der Waals surface area contributed by atoms with Crippen LogP contribution in [-0.2, 0) is 6.42 Å². The average Bonchev–Trinajstić information content (AvgIpc) is 2.88. The van der Waals surface area contributed by atoms with Gasteiger partial charge in [-0.05, 0) is 105 Å². The number of nitrogens with zero attached hydrogens (tertiary/aromatic N) is 2. The van der Waals surface area contributed by atoms with Crippen molar-refractivity contribution in [1.82, 2.24) is 9.88 Å². The van der Waals surface area contributed by atoms with Crippen LogP contribution in [-0.4, -0.2) is 53.4 Å². The summed E-state index contributed by atoms with van der Waals surface area (Å²) in [5, 5.41) is 22.5. The van der Waals surface area contributed by atoms with Crippen LogP contribution in [0.4, 0.5) is 0 Å². The van der Waals surface area contributed by atoms with Crippen LogP contribution < -0.4 is 4.74 Å². The predicted molar refractivity (Wildman–Crippen MR) is 137 cm³/mol. The molecule has 0 amide bonds. The van der Waals surface area contributed by atoms with Crippen LogP contribution in [0.2, 0.25) is 0 Å². The molecule has 2 heterocycles. The molecular weight excluding hydrogens is 424 g/mol. The van der Waals surface area contributed by atoms with Gasteiger partial charge in [-0.3, -0.25) is 4.98 Å². The Morgan fingerprint density at radius 2 is 1.88 bits per heavy atom. The van der Waals surface area contributed by atoms with Gasteiger partial charge >= 0.3 is 0 Å². The van der Waals surface area contributed by atoms with E-state index in [4.69, 9.17) is 4.74 Å². The summed E-state index contributed by atoms with van der Waals surface area (Å²) in [7, 11) is 1.65. The minimum atomic E-state index is -0.593. The van der Waals surface area contributed by atoms with E-state index in [1.54, 1.807) is 7.11 Å². The second-order valence-corrected chi connectivity index (χ2v) is 9.88. The van der Waals surface area contributed by atoms with Gasteiger partial charge in [-0.25, -0.2) is 0 Å². The minimum absolute atomic E-state index is 0.106. The van der Waals surface area contributed by atoms with Crippen molar-refractivity contribution in [2.75, 3.05) is 33.4 Å². The van der Waals surface area contributed by atoms with Gasteiger partial charge in [0.1, 0.15) is 5.75 Å². The minimum Gasteiger partial charge on any atom is -0.497 e. The Morgan fingerprint density at radius 3 is 2.59 bits per heavy atom. The Bertz CT molecular complexity index is 1060. The molecule has 0 unspecified atom stereocenters. The van der Waals surface area contributed by atoms with Crippen LogP contribution in [0.1, 0.15) is 54.9 Å². The molecule has 1 aromatic heterocycles. The van der Waals surface area contributed by atoms with E-state index in [0.29, 0.717) is 6.42 Å².